The summed E-state index contributed by atoms with van der Waals surface area (Å²) in [4.78, 5) is 1.90. The number of aromatic hydroxyl groups is 1. The standard InChI is InChI=1S/C16H17F3N2O2/c1-20-14-12(10-5-4-6-11(9-10)16(17,18)19)13(22)15(23-14)21-7-2-3-8-21/h4-6,9,20,22H,2-3,7-8H2,1H3. The van der Waals surface area contributed by atoms with E-state index in [0.29, 0.717) is 5.88 Å². The quantitative estimate of drug-likeness (QED) is 0.882. The molecule has 2 aromatic rings. The van der Waals surface area contributed by atoms with E-state index in [1.54, 1.807) is 7.05 Å². The fraction of sp³-hybridized carbons (Fsp3) is 0.375. The largest absolute Gasteiger partial charge is 0.503 e. The average molecular weight is 326 g/mol. The molecule has 124 valence electrons. The Hall–Kier alpha value is -2.31. The number of hydrogen-bond acceptors (Lipinski definition) is 4. The number of benzene rings is 1. The lowest BCUT2D eigenvalue weighted by Gasteiger charge is -2.13. The SMILES string of the molecule is CNc1oc(N2CCCC2)c(O)c1-c1cccc(C(F)(F)F)c1. The van der Waals surface area contributed by atoms with Gasteiger partial charge in [-0.05, 0) is 30.5 Å². The zero-order chi connectivity index (χ0) is 16.6. The molecule has 0 saturated carbocycles. The van der Waals surface area contributed by atoms with Crippen LogP contribution in [0.4, 0.5) is 24.9 Å². The number of anilines is 2. The van der Waals surface area contributed by atoms with Crippen molar-refractivity contribution in [2.75, 3.05) is 30.4 Å². The fourth-order valence-corrected chi connectivity index (χ4v) is 2.84. The highest BCUT2D eigenvalue weighted by molar-refractivity contribution is 5.85. The summed E-state index contributed by atoms with van der Waals surface area (Å²) in [6.07, 6.45) is -2.45. The van der Waals surface area contributed by atoms with Gasteiger partial charge < -0.3 is 19.7 Å². The number of furan rings is 1. The van der Waals surface area contributed by atoms with Crippen LogP contribution in [0.1, 0.15) is 18.4 Å². The van der Waals surface area contributed by atoms with E-state index in [1.165, 1.54) is 12.1 Å². The summed E-state index contributed by atoms with van der Waals surface area (Å²) in [7, 11) is 1.60. The first-order chi connectivity index (χ1) is 10.9. The number of hydrogen-bond donors (Lipinski definition) is 2. The molecule has 4 nitrogen and oxygen atoms in total. The van der Waals surface area contributed by atoms with Crippen molar-refractivity contribution in [1.29, 1.82) is 0 Å². The maximum absolute atomic E-state index is 12.9. The lowest BCUT2D eigenvalue weighted by atomic mass is 10.0. The maximum Gasteiger partial charge on any atom is 0.416 e. The first-order valence-electron chi connectivity index (χ1n) is 7.38. The zero-order valence-corrected chi connectivity index (χ0v) is 12.6. The van der Waals surface area contributed by atoms with Gasteiger partial charge in [0.2, 0.25) is 11.8 Å². The summed E-state index contributed by atoms with van der Waals surface area (Å²) < 4.78 is 44.4. The van der Waals surface area contributed by atoms with Crippen LogP contribution < -0.4 is 10.2 Å². The molecule has 1 saturated heterocycles. The first-order valence-corrected chi connectivity index (χ1v) is 7.38. The van der Waals surface area contributed by atoms with Gasteiger partial charge in [-0.25, -0.2) is 0 Å². The molecule has 0 amide bonds. The van der Waals surface area contributed by atoms with Crippen molar-refractivity contribution in [2.45, 2.75) is 19.0 Å². The normalized spacial score (nSPS) is 15.2. The topological polar surface area (TPSA) is 48.6 Å². The number of nitrogens with zero attached hydrogens (tertiary/aromatic N) is 1. The van der Waals surface area contributed by atoms with Gasteiger partial charge >= 0.3 is 6.18 Å². The van der Waals surface area contributed by atoms with Gasteiger partial charge in [0.15, 0.2) is 5.75 Å². The second-order valence-corrected chi connectivity index (χ2v) is 5.48. The van der Waals surface area contributed by atoms with E-state index in [9.17, 15) is 18.3 Å². The Bertz CT molecular complexity index is 704. The smallest absolute Gasteiger partial charge is 0.416 e. The molecule has 0 aliphatic carbocycles. The van der Waals surface area contributed by atoms with Crippen LogP contribution in [0.25, 0.3) is 11.1 Å². The first kappa shape index (κ1) is 15.6. The van der Waals surface area contributed by atoms with Gasteiger partial charge in [0.05, 0.1) is 11.1 Å². The fourth-order valence-electron chi connectivity index (χ4n) is 2.84. The summed E-state index contributed by atoms with van der Waals surface area (Å²) in [5, 5.41) is 13.3. The highest BCUT2D eigenvalue weighted by Gasteiger charge is 2.32. The molecule has 0 radical (unpaired) electrons. The van der Waals surface area contributed by atoms with Crippen LogP contribution in [-0.4, -0.2) is 25.2 Å². The molecule has 3 rings (SSSR count). The van der Waals surface area contributed by atoms with Crippen molar-refractivity contribution >= 4 is 11.8 Å². The number of nitrogens with one attached hydrogen (secondary N) is 1. The Kier molecular flexibility index (Phi) is 3.87. The Labute approximate surface area is 131 Å². The minimum atomic E-state index is -4.44. The average Bonchev–Trinajstić information content (AvgIpc) is 3.13. The molecule has 0 atom stereocenters. The van der Waals surface area contributed by atoms with Crippen molar-refractivity contribution in [3.05, 3.63) is 29.8 Å². The van der Waals surface area contributed by atoms with E-state index in [2.05, 4.69) is 5.32 Å². The van der Waals surface area contributed by atoms with Crippen LogP contribution in [0.2, 0.25) is 0 Å². The van der Waals surface area contributed by atoms with E-state index in [0.717, 1.165) is 38.1 Å². The van der Waals surface area contributed by atoms with Gasteiger partial charge in [-0.15, -0.1) is 0 Å². The van der Waals surface area contributed by atoms with Crippen molar-refractivity contribution < 1.29 is 22.7 Å². The molecule has 1 aliphatic rings. The van der Waals surface area contributed by atoms with Gasteiger partial charge in [0.1, 0.15) is 0 Å². The molecule has 0 spiro atoms. The van der Waals surface area contributed by atoms with Crippen molar-refractivity contribution in [3.8, 4) is 16.9 Å². The van der Waals surface area contributed by atoms with E-state index in [-0.39, 0.29) is 22.8 Å². The molecule has 23 heavy (non-hydrogen) atoms. The monoisotopic (exact) mass is 326 g/mol. The van der Waals surface area contributed by atoms with E-state index in [4.69, 9.17) is 4.42 Å². The molecule has 1 aliphatic heterocycles. The Morgan fingerprint density at radius 1 is 1.22 bits per heavy atom. The lowest BCUT2D eigenvalue weighted by molar-refractivity contribution is -0.137. The predicted octanol–water partition coefficient (Wildman–Crippen LogP) is 4.31. The van der Waals surface area contributed by atoms with Crippen molar-refractivity contribution in [2.24, 2.45) is 0 Å². The summed E-state index contributed by atoms with van der Waals surface area (Å²) >= 11 is 0. The van der Waals surface area contributed by atoms with Crippen LogP contribution in [-0.2, 0) is 6.18 Å². The molecule has 1 fully saturated rings. The minimum absolute atomic E-state index is 0.129. The van der Waals surface area contributed by atoms with Gasteiger partial charge in [-0.3, -0.25) is 0 Å². The molecule has 2 N–H and O–H groups in total. The molecule has 2 heterocycles. The summed E-state index contributed by atoms with van der Waals surface area (Å²) in [5.41, 5.74) is -0.253. The summed E-state index contributed by atoms with van der Waals surface area (Å²) in [5.74, 6) is 0.429. The molecule has 1 aromatic heterocycles. The summed E-state index contributed by atoms with van der Waals surface area (Å²) in [6, 6.07) is 4.86. The lowest BCUT2D eigenvalue weighted by Crippen LogP contribution is -2.16. The third-order valence-electron chi connectivity index (χ3n) is 3.96. The van der Waals surface area contributed by atoms with Crippen LogP contribution in [0, 0.1) is 0 Å². The molecule has 0 bridgehead atoms. The molecule has 7 heteroatoms. The Morgan fingerprint density at radius 2 is 1.91 bits per heavy atom. The molecule has 0 unspecified atom stereocenters. The highest BCUT2D eigenvalue weighted by atomic mass is 19.4. The van der Waals surface area contributed by atoms with Gasteiger partial charge in [0.25, 0.3) is 0 Å². The predicted molar refractivity (Wildman–Crippen MR) is 81.8 cm³/mol. The highest BCUT2D eigenvalue weighted by Crippen LogP contribution is 2.47. The van der Waals surface area contributed by atoms with Gasteiger partial charge in [0, 0.05) is 20.1 Å². The third kappa shape index (κ3) is 2.83. The van der Waals surface area contributed by atoms with E-state index in [1.807, 2.05) is 4.90 Å². The second kappa shape index (κ2) is 5.72. The number of alkyl halides is 3. The number of halogens is 3. The molecular weight excluding hydrogens is 309 g/mol. The minimum Gasteiger partial charge on any atom is -0.503 e. The van der Waals surface area contributed by atoms with E-state index >= 15 is 0 Å². The van der Waals surface area contributed by atoms with Crippen LogP contribution in [0.3, 0.4) is 0 Å². The van der Waals surface area contributed by atoms with Crippen LogP contribution in [0.15, 0.2) is 28.7 Å². The maximum atomic E-state index is 12.9. The second-order valence-electron chi connectivity index (χ2n) is 5.48. The summed E-state index contributed by atoms with van der Waals surface area (Å²) in [6.45, 7) is 1.51. The van der Waals surface area contributed by atoms with Crippen molar-refractivity contribution in [3.63, 3.8) is 0 Å². The van der Waals surface area contributed by atoms with E-state index < -0.39 is 11.7 Å². The third-order valence-corrected chi connectivity index (χ3v) is 3.96. The van der Waals surface area contributed by atoms with Crippen LogP contribution in [0.5, 0.6) is 5.75 Å². The van der Waals surface area contributed by atoms with Crippen LogP contribution >= 0.6 is 0 Å². The van der Waals surface area contributed by atoms with Crippen molar-refractivity contribution in [1.82, 2.24) is 0 Å². The van der Waals surface area contributed by atoms with Gasteiger partial charge in [-0.1, -0.05) is 12.1 Å². The number of rotatable bonds is 3. The molecular formula is C16H17F3N2O2. The van der Waals surface area contributed by atoms with Gasteiger partial charge in [-0.2, -0.15) is 13.2 Å². The Morgan fingerprint density at radius 3 is 2.52 bits per heavy atom. The Balaban J connectivity index is 2.09. The zero-order valence-electron chi connectivity index (χ0n) is 12.6. The molecule has 1 aromatic carbocycles.